The van der Waals surface area contributed by atoms with Crippen molar-refractivity contribution >= 4 is 34.8 Å². The highest BCUT2D eigenvalue weighted by Gasteiger charge is 2.13. The van der Waals surface area contributed by atoms with Gasteiger partial charge in [-0.05, 0) is 31.2 Å². The number of aromatic nitrogens is 1. The highest BCUT2D eigenvalue weighted by molar-refractivity contribution is 6.35. The van der Waals surface area contributed by atoms with Gasteiger partial charge < -0.3 is 9.64 Å². The number of halogens is 2. The van der Waals surface area contributed by atoms with Crippen LogP contribution in [-0.4, -0.2) is 24.5 Å². The summed E-state index contributed by atoms with van der Waals surface area (Å²) in [5.74, 6) is 0.192. The van der Waals surface area contributed by atoms with E-state index < -0.39 is 0 Å². The molecule has 6 heteroatoms. The van der Waals surface area contributed by atoms with E-state index in [0.29, 0.717) is 21.6 Å². The Bertz CT molecular complexity index is 642. The lowest BCUT2D eigenvalue weighted by Crippen LogP contribution is -2.31. The summed E-state index contributed by atoms with van der Waals surface area (Å²) in [7, 11) is 1.64. The highest BCUT2D eigenvalue weighted by Crippen LogP contribution is 2.24. The number of hydrogen-bond acceptors (Lipinski definition) is 3. The van der Waals surface area contributed by atoms with E-state index in [4.69, 9.17) is 27.9 Å². The van der Waals surface area contributed by atoms with Crippen molar-refractivity contribution in [3.8, 4) is 5.88 Å². The second-order valence-corrected chi connectivity index (χ2v) is 5.36. The zero-order chi connectivity index (χ0) is 15.4. The van der Waals surface area contributed by atoms with Crippen molar-refractivity contribution in [1.29, 1.82) is 0 Å². The van der Waals surface area contributed by atoms with Gasteiger partial charge in [-0.2, -0.15) is 0 Å². The van der Waals surface area contributed by atoms with Gasteiger partial charge in [-0.25, -0.2) is 4.98 Å². The lowest BCUT2D eigenvalue weighted by atomic mass is 10.3. The molecule has 0 N–H and O–H groups in total. The van der Waals surface area contributed by atoms with E-state index in [1.807, 2.05) is 19.1 Å². The molecule has 1 aromatic heterocycles. The van der Waals surface area contributed by atoms with Gasteiger partial charge in [-0.1, -0.05) is 29.3 Å². The van der Waals surface area contributed by atoms with Crippen molar-refractivity contribution in [3.05, 3.63) is 52.1 Å². The van der Waals surface area contributed by atoms with Gasteiger partial charge in [0.1, 0.15) is 0 Å². The molecule has 0 fully saturated rings. The fraction of sp³-hybridized carbons (Fsp3) is 0.200. The van der Waals surface area contributed by atoms with Crippen LogP contribution in [0.15, 0.2) is 36.4 Å². The van der Waals surface area contributed by atoms with Crippen LogP contribution in [0.3, 0.4) is 0 Å². The monoisotopic (exact) mass is 324 g/mol. The summed E-state index contributed by atoms with van der Waals surface area (Å²) in [5.41, 5.74) is 1.44. The van der Waals surface area contributed by atoms with Crippen molar-refractivity contribution in [2.45, 2.75) is 6.92 Å². The largest absolute Gasteiger partial charge is 0.468 e. The molecule has 21 heavy (non-hydrogen) atoms. The number of amides is 1. The maximum absolute atomic E-state index is 12.1. The Balaban J connectivity index is 2.02. The summed E-state index contributed by atoms with van der Waals surface area (Å²) >= 11 is 11.9. The minimum Gasteiger partial charge on any atom is -0.468 e. The van der Waals surface area contributed by atoms with Gasteiger partial charge in [-0.3, -0.25) is 4.79 Å². The Morgan fingerprint density at radius 2 is 1.90 bits per heavy atom. The molecule has 0 radical (unpaired) electrons. The van der Waals surface area contributed by atoms with Crippen molar-refractivity contribution < 1.29 is 9.53 Å². The van der Waals surface area contributed by atoms with Gasteiger partial charge in [0.25, 0.3) is 5.91 Å². The number of ether oxygens (including phenoxy) is 1. The summed E-state index contributed by atoms with van der Waals surface area (Å²) < 4.78 is 5.38. The van der Waals surface area contributed by atoms with Crippen LogP contribution in [0.4, 0.5) is 5.69 Å². The number of carbonyl (C=O) groups excluding carboxylic acids is 1. The Kier molecular flexibility index (Phi) is 5.04. The van der Waals surface area contributed by atoms with Crippen molar-refractivity contribution in [2.75, 3.05) is 18.6 Å². The molecule has 0 saturated carbocycles. The first-order valence-electron chi connectivity index (χ1n) is 6.25. The summed E-state index contributed by atoms with van der Waals surface area (Å²) in [5, 5.41) is 0.942. The number of benzene rings is 1. The van der Waals surface area contributed by atoms with E-state index in [1.54, 1.807) is 31.3 Å². The van der Waals surface area contributed by atoms with Crippen LogP contribution in [0.25, 0.3) is 0 Å². The number of anilines is 1. The second-order valence-electron chi connectivity index (χ2n) is 4.49. The Labute approximate surface area is 133 Å². The number of carbonyl (C=O) groups is 1. The van der Waals surface area contributed by atoms with Crippen LogP contribution in [0.5, 0.6) is 5.88 Å². The Hall–Kier alpha value is -1.78. The fourth-order valence-electron chi connectivity index (χ4n) is 1.71. The van der Waals surface area contributed by atoms with Gasteiger partial charge in [-0.15, -0.1) is 0 Å². The molecule has 2 aromatic rings. The van der Waals surface area contributed by atoms with Gasteiger partial charge in [0.2, 0.25) is 5.88 Å². The molecule has 110 valence electrons. The van der Waals surface area contributed by atoms with Crippen molar-refractivity contribution in [1.82, 2.24) is 4.98 Å². The molecule has 1 heterocycles. The van der Waals surface area contributed by atoms with Crippen LogP contribution in [-0.2, 0) is 4.79 Å². The quantitative estimate of drug-likeness (QED) is 0.860. The first kappa shape index (κ1) is 15.6. The molecule has 0 unspecified atom stereocenters. The van der Waals surface area contributed by atoms with Crippen LogP contribution in [0.2, 0.25) is 10.0 Å². The van der Waals surface area contributed by atoms with E-state index in [0.717, 1.165) is 5.69 Å². The molecular formula is C15H14Cl2N2O2. The molecule has 0 saturated heterocycles. The summed E-state index contributed by atoms with van der Waals surface area (Å²) in [6, 6.07) is 10.3. The predicted molar refractivity (Wildman–Crippen MR) is 84.3 cm³/mol. The molecule has 1 aromatic carbocycles. The maximum Gasteiger partial charge on any atom is 0.264 e. The van der Waals surface area contributed by atoms with E-state index in [2.05, 4.69) is 4.98 Å². The third-order valence-electron chi connectivity index (χ3n) is 2.82. The maximum atomic E-state index is 12.1. The molecule has 2 rings (SSSR count). The molecule has 0 aliphatic heterocycles. The number of aryl methyl sites for hydroxylation is 1. The standard InChI is InChI=1S/C15H14Cl2N2O2/c1-10-4-3-5-14(18-10)21-9-15(20)19(2)13-7-11(16)6-12(17)8-13/h3-8H,9H2,1-2H3. The lowest BCUT2D eigenvalue weighted by Gasteiger charge is -2.18. The minimum absolute atomic E-state index is 0.114. The summed E-state index contributed by atoms with van der Waals surface area (Å²) in [6.45, 7) is 1.74. The summed E-state index contributed by atoms with van der Waals surface area (Å²) in [4.78, 5) is 17.7. The Morgan fingerprint density at radius 3 is 2.52 bits per heavy atom. The smallest absolute Gasteiger partial charge is 0.264 e. The van der Waals surface area contributed by atoms with Crippen LogP contribution in [0.1, 0.15) is 5.69 Å². The van der Waals surface area contributed by atoms with Gasteiger partial charge in [0.15, 0.2) is 6.61 Å². The fourth-order valence-corrected chi connectivity index (χ4v) is 2.22. The molecule has 0 atom stereocenters. The number of nitrogens with zero attached hydrogens (tertiary/aromatic N) is 2. The van der Waals surface area contributed by atoms with Crippen LogP contribution < -0.4 is 9.64 Å². The minimum atomic E-state index is -0.225. The van der Waals surface area contributed by atoms with Crippen molar-refractivity contribution in [2.24, 2.45) is 0 Å². The SMILES string of the molecule is Cc1cccc(OCC(=O)N(C)c2cc(Cl)cc(Cl)c2)n1. The molecular weight excluding hydrogens is 311 g/mol. The molecule has 0 spiro atoms. The third-order valence-corrected chi connectivity index (χ3v) is 3.25. The average molecular weight is 325 g/mol. The highest BCUT2D eigenvalue weighted by atomic mass is 35.5. The summed E-state index contributed by atoms with van der Waals surface area (Å²) in [6.07, 6.45) is 0. The lowest BCUT2D eigenvalue weighted by molar-refractivity contribution is -0.120. The van der Waals surface area contributed by atoms with Crippen molar-refractivity contribution in [3.63, 3.8) is 0 Å². The van der Waals surface area contributed by atoms with E-state index in [1.165, 1.54) is 4.90 Å². The molecule has 4 nitrogen and oxygen atoms in total. The number of likely N-dealkylation sites (N-methyl/N-ethyl adjacent to an activating group) is 1. The van der Waals surface area contributed by atoms with E-state index in [-0.39, 0.29) is 12.5 Å². The normalized spacial score (nSPS) is 10.3. The third kappa shape index (κ3) is 4.34. The molecule has 0 aliphatic rings. The molecule has 0 bridgehead atoms. The number of pyridine rings is 1. The van der Waals surface area contributed by atoms with Gasteiger partial charge in [0.05, 0.1) is 0 Å². The first-order chi connectivity index (χ1) is 9.95. The zero-order valence-electron chi connectivity index (χ0n) is 11.6. The number of rotatable bonds is 4. The van der Waals surface area contributed by atoms with Crippen LogP contribution >= 0.6 is 23.2 Å². The topological polar surface area (TPSA) is 42.4 Å². The van der Waals surface area contributed by atoms with Crippen LogP contribution in [0, 0.1) is 6.92 Å². The van der Waals surface area contributed by atoms with Gasteiger partial charge >= 0.3 is 0 Å². The molecule has 1 amide bonds. The van der Waals surface area contributed by atoms with Gasteiger partial charge in [0, 0.05) is 34.5 Å². The van der Waals surface area contributed by atoms with E-state index >= 15 is 0 Å². The second kappa shape index (κ2) is 6.78. The first-order valence-corrected chi connectivity index (χ1v) is 7.00. The number of hydrogen-bond donors (Lipinski definition) is 0. The predicted octanol–water partition coefficient (Wildman–Crippen LogP) is 3.74. The molecule has 0 aliphatic carbocycles. The average Bonchev–Trinajstić information content (AvgIpc) is 2.43. The zero-order valence-corrected chi connectivity index (χ0v) is 13.1. The van der Waals surface area contributed by atoms with E-state index in [9.17, 15) is 4.79 Å². The Morgan fingerprint density at radius 1 is 1.24 bits per heavy atom.